The van der Waals surface area contributed by atoms with Crippen molar-refractivity contribution >= 4 is 31.9 Å². The summed E-state index contributed by atoms with van der Waals surface area (Å²) in [4.78, 5) is 12.3. The van der Waals surface area contributed by atoms with E-state index in [1.54, 1.807) is 13.0 Å². The molecule has 3 N–H and O–H groups in total. The highest BCUT2D eigenvalue weighted by Gasteiger charge is 2.22. The number of hydrogen-bond donors (Lipinski definition) is 2. The fourth-order valence-corrected chi connectivity index (χ4v) is 3.74. The summed E-state index contributed by atoms with van der Waals surface area (Å²) >= 11 is 3.21. The van der Waals surface area contributed by atoms with Crippen molar-refractivity contribution in [1.29, 1.82) is 0 Å². The van der Waals surface area contributed by atoms with E-state index in [9.17, 15) is 13.2 Å². The number of benzene rings is 1. The lowest BCUT2D eigenvalue weighted by atomic mass is 10.1. The van der Waals surface area contributed by atoms with Gasteiger partial charge in [-0.1, -0.05) is 15.9 Å². The first-order valence-corrected chi connectivity index (χ1v) is 8.84. The Morgan fingerprint density at radius 1 is 1.48 bits per heavy atom. The Morgan fingerprint density at radius 3 is 2.76 bits per heavy atom. The SMILES string of the molecule is Cc1c(C(=O)NC2CCCOC2)cc(Br)cc1S(N)(=O)=O. The molecule has 2 rings (SSSR count). The molecule has 0 spiro atoms. The summed E-state index contributed by atoms with van der Waals surface area (Å²) in [6, 6.07) is 2.93. The van der Waals surface area contributed by atoms with Gasteiger partial charge in [-0.15, -0.1) is 0 Å². The normalized spacial score (nSPS) is 19.3. The fourth-order valence-electron chi connectivity index (χ4n) is 2.30. The minimum atomic E-state index is -3.88. The largest absolute Gasteiger partial charge is 0.379 e. The molecule has 21 heavy (non-hydrogen) atoms. The number of amides is 1. The number of halogens is 1. The van der Waals surface area contributed by atoms with Crippen molar-refractivity contribution < 1.29 is 17.9 Å². The number of nitrogens with two attached hydrogens (primary N) is 1. The molecule has 116 valence electrons. The molecule has 1 aliphatic rings. The molecule has 0 saturated carbocycles. The summed E-state index contributed by atoms with van der Waals surface area (Å²) in [5.41, 5.74) is 0.633. The molecular weight excluding hydrogens is 360 g/mol. The zero-order valence-electron chi connectivity index (χ0n) is 11.6. The molecule has 1 unspecified atom stereocenters. The van der Waals surface area contributed by atoms with Gasteiger partial charge in [0.15, 0.2) is 0 Å². The highest BCUT2D eigenvalue weighted by molar-refractivity contribution is 9.10. The Balaban J connectivity index is 2.30. The van der Waals surface area contributed by atoms with E-state index < -0.39 is 10.0 Å². The van der Waals surface area contributed by atoms with Crippen molar-refractivity contribution in [1.82, 2.24) is 5.32 Å². The number of ether oxygens (including phenoxy) is 1. The van der Waals surface area contributed by atoms with Gasteiger partial charge in [0.25, 0.3) is 5.91 Å². The third-order valence-electron chi connectivity index (χ3n) is 3.37. The number of nitrogens with one attached hydrogen (secondary N) is 1. The van der Waals surface area contributed by atoms with Crippen LogP contribution in [0.15, 0.2) is 21.5 Å². The molecule has 1 aliphatic heterocycles. The van der Waals surface area contributed by atoms with Crippen molar-refractivity contribution in [3.63, 3.8) is 0 Å². The second-order valence-electron chi connectivity index (χ2n) is 5.01. The summed E-state index contributed by atoms with van der Waals surface area (Å²) in [6.45, 7) is 2.75. The van der Waals surface area contributed by atoms with Crippen molar-refractivity contribution in [3.8, 4) is 0 Å². The summed E-state index contributed by atoms with van der Waals surface area (Å²) in [5, 5.41) is 8.04. The number of primary sulfonamides is 1. The van der Waals surface area contributed by atoms with Gasteiger partial charge in [-0.2, -0.15) is 0 Å². The second kappa shape index (κ2) is 6.43. The Kier molecular flexibility index (Phi) is 5.03. The molecule has 1 amide bonds. The van der Waals surface area contributed by atoms with Crippen LogP contribution in [0.1, 0.15) is 28.8 Å². The first kappa shape index (κ1) is 16.4. The van der Waals surface area contributed by atoms with Crippen molar-refractivity contribution in [3.05, 3.63) is 27.7 Å². The minimum Gasteiger partial charge on any atom is -0.379 e. The minimum absolute atomic E-state index is 0.0532. The van der Waals surface area contributed by atoms with E-state index in [0.717, 1.165) is 12.8 Å². The van der Waals surface area contributed by atoms with E-state index in [4.69, 9.17) is 9.88 Å². The summed E-state index contributed by atoms with van der Waals surface area (Å²) in [6.07, 6.45) is 1.74. The fraction of sp³-hybridized carbons (Fsp3) is 0.462. The molecular formula is C13H17BrN2O4S. The van der Waals surface area contributed by atoms with Gasteiger partial charge in [-0.3, -0.25) is 4.79 Å². The molecule has 1 fully saturated rings. The van der Waals surface area contributed by atoms with Crippen LogP contribution >= 0.6 is 15.9 Å². The summed E-state index contributed by atoms with van der Waals surface area (Å²) in [5.74, 6) is -0.325. The molecule has 0 aromatic heterocycles. The van der Waals surface area contributed by atoms with E-state index in [1.165, 1.54) is 6.07 Å². The van der Waals surface area contributed by atoms with E-state index in [2.05, 4.69) is 21.2 Å². The van der Waals surface area contributed by atoms with Gasteiger partial charge in [0, 0.05) is 16.6 Å². The molecule has 1 aromatic carbocycles. The maximum Gasteiger partial charge on any atom is 0.251 e. The lowest BCUT2D eigenvalue weighted by Crippen LogP contribution is -2.41. The average molecular weight is 377 g/mol. The quantitative estimate of drug-likeness (QED) is 0.830. The third-order valence-corrected chi connectivity index (χ3v) is 4.87. The van der Waals surface area contributed by atoms with Gasteiger partial charge in [0.2, 0.25) is 10.0 Å². The maximum atomic E-state index is 12.3. The second-order valence-corrected chi connectivity index (χ2v) is 7.45. The molecule has 1 heterocycles. The standard InChI is InChI=1S/C13H17BrN2O4S/c1-8-11(5-9(14)6-12(8)21(15,18)19)13(17)16-10-3-2-4-20-7-10/h5-6,10H,2-4,7H2,1H3,(H,16,17)(H2,15,18,19). The number of rotatable bonds is 3. The molecule has 8 heteroatoms. The monoisotopic (exact) mass is 376 g/mol. The molecule has 0 radical (unpaired) electrons. The third kappa shape index (κ3) is 4.03. The Labute approximate surface area is 132 Å². The predicted molar refractivity (Wildman–Crippen MR) is 81.6 cm³/mol. The van der Waals surface area contributed by atoms with Crippen LogP contribution in [-0.4, -0.2) is 33.6 Å². The van der Waals surface area contributed by atoms with Crippen molar-refractivity contribution in [2.45, 2.75) is 30.7 Å². The number of sulfonamides is 1. The van der Waals surface area contributed by atoms with E-state index >= 15 is 0 Å². The van der Waals surface area contributed by atoms with E-state index in [0.29, 0.717) is 28.8 Å². The van der Waals surface area contributed by atoms with Crippen LogP contribution in [0.5, 0.6) is 0 Å². The zero-order valence-corrected chi connectivity index (χ0v) is 14.0. The maximum absolute atomic E-state index is 12.3. The lowest BCUT2D eigenvalue weighted by Gasteiger charge is -2.23. The lowest BCUT2D eigenvalue weighted by molar-refractivity contribution is 0.0623. The van der Waals surface area contributed by atoms with Gasteiger partial charge in [-0.05, 0) is 37.5 Å². The predicted octanol–water partition coefficient (Wildman–Crippen LogP) is 1.31. The van der Waals surface area contributed by atoms with Gasteiger partial charge in [0.05, 0.1) is 17.5 Å². The molecule has 0 aliphatic carbocycles. The topological polar surface area (TPSA) is 98.5 Å². The molecule has 1 atom stereocenters. The molecule has 1 aromatic rings. The highest BCUT2D eigenvalue weighted by Crippen LogP contribution is 2.24. The first-order chi connectivity index (χ1) is 9.79. The van der Waals surface area contributed by atoms with Crippen LogP contribution in [0, 0.1) is 6.92 Å². The van der Waals surface area contributed by atoms with Crippen LogP contribution in [0.2, 0.25) is 0 Å². The van der Waals surface area contributed by atoms with Gasteiger partial charge in [0.1, 0.15) is 0 Å². The van der Waals surface area contributed by atoms with Gasteiger partial charge in [-0.25, -0.2) is 13.6 Å². The number of hydrogen-bond acceptors (Lipinski definition) is 4. The summed E-state index contributed by atoms with van der Waals surface area (Å²) < 4.78 is 29.0. The Bertz CT molecular complexity index is 654. The van der Waals surface area contributed by atoms with Crippen LogP contribution in [0.3, 0.4) is 0 Å². The summed E-state index contributed by atoms with van der Waals surface area (Å²) in [7, 11) is -3.88. The molecule has 0 bridgehead atoms. The van der Waals surface area contributed by atoms with Crippen LogP contribution < -0.4 is 10.5 Å². The number of carbonyl (C=O) groups is 1. The number of carbonyl (C=O) groups excluding carboxylic acids is 1. The Hall–Kier alpha value is -0.960. The highest BCUT2D eigenvalue weighted by atomic mass is 79.9. The molecule has 6 nitrogen and oxygen atoms in total. The average Bonchev–Trinajstić information content (AvgIpc) is 2.40. The van der Waals surface area contributed by atoms with Crippen LogP contribution in [-0.2, 0) is 14.8 Å². The van der Waals surface area contributed by atoms with E-state index in [-0.39, 0.29) is 16.8 Å². The smallest absolute Gasteiger partial charge is 0.251 e. The first-order valence-electron chi connectivity index (χ1n) is 6.50. The van der Waals surface area contributed by atoms with Crippen molar-refractivity contribution in [2.24, 2.45) is 5.14 Å². The Morgan fingerprint density at radius 2 is 2.19 bits per heavy atom. The van der Waals surface area contributed by atoms with Crippen LogP contribution in [0.4, 0.5) is 0 Å². The zero-order chi connectivity index (χ0) is 15.6. The van der Waals surface area contributed by atoms with E-state index in [1.807, 2.05) is 0 Å². The van der Waals surface area contributed by atoms with Crippen LogP contribution in [0.25, 0.3) is 0 Å². The van der Waals surface area contributed by atoms with Gasteiger partial charge >= 0.3 is 0 Å². The van der Waals surface area contributed by atoms with Gasteiger partial charge < -0.3 is 10.1 Å². The van der Waals surface area contributed by atoms with Crippen molar-refractivity contribution in [2.75, 3.05) is 13.2 Å². The molecule has 1 saturated heterocycles.